The van der Waals surface area contributed by atoms with E-state index in [0.717, 1.165) is 32.0 Å². The maximum Gasteiger partial charge on any atom is 0.170 e. The monoisotopic (exact) mass is 279 g/mol. The molecule has 1 aliphatic heterocycles. The molecule has 110 valence electrons. The number of oxime groups is 1. The molecule has 3 N–H and O–H groups in total. The Morgan fingerprint density at radius 1 is 1.50 bits per heavy atom. The third-order valence-corrected chi connectivity index (χ3v) is 3.26. The fourth-order valence-corrected chi connectivity index (χ4v) is 2.17. The highest BCUT2D eigenvalue weighted by Crippen LogP contribution is 2.12. The predicted molar refractivity (Wildman–Crippen MR) is 76.3 cm³/mol. The van der Waals surface area contributed by atoms with E-state index in [1.54, 1.807) is 12.1 Å². The zero-order valence-corrected chi connectivity index (χ0v) is 11.7. The molecule has 6 heteroatoms. The average molecular weight is 279 g/mol. The van der Waals surface area contributed by atoms with Crippen LogP contribution in [0.4, 0.5) is 0 Å². The number of benzene rings is 1. The van der Waals surface area contributed by atoms with Crippen molar-refractivity contribution >= 4 is 5.84 Å². The van der Waals surface area contributed by atoms with Gasteiger partial charge in [0.15, 0.2) is 5.84 Å². The Morgan fingerprint density at radius 2 is 2.25 bits per heavy atom. The quantitative estimate of drug-likeness (QED) is 0.362. The van der Waals surface area contributed by atoms with Gasteiger partial charge in [0, 0.05) is 25.2 Å². The summed E-state index contributed by atoms with van der Waals surface area (Å²) < 4.78 is 11.2. The van der Waals surface area contributed by atoms with Gasteiger partial charge in [-0.05, 0) is 31.2 Å². The number of amidine groups is 1. The van der Waals surface area contributed by atoms with Gasteiger partial charge in [0.25, 0.3) is 0 Å². The molecule has 1 aliphatic rings. The third kappa shape index (κ3) is 4.11. The molecular formula is C14H21N3O3. The van der Waals surface area contributed by atoms with Crippen LogP contribution in [0.25, 0.3) is 0 Å². The Hall–Kier alpha value is -1.79. The van der Waals surface area contributed by atoms with Crippen LogP contribution < -0.4 is 10.5 Å². The van der Waals surface area contributed by atoms with Crippen LogP contribution in [0.1, 0.15) is 12.5 Å². The molecule has 1 aromatic carbocycles. The first-order chi connectivity index (χ1) is 9.69. The average Bonchev–Trinajstić information content (AvgIpc) is 2.47. The lowest BCUT2D eigenvalue weighted by atomic mass is 10.2. The summed E-state index contributed by atoms with van der Waals surface area (Å²) in [5.41, 5.74) is 6.16. The molecule has 0 aromatic heterocycles. The van der Waals surface area contributed by atoms with Gasteiger partial charge in [0.2, 0.25) is 0 Å². The van der Waals surface area contributed by atoms with E-state index < -0.39 is 0 Å². The highest BCUT2D eigenvalue weighted by Gasteiger charge is 2.15. The molecule has 0 amide bonds. The van der Waals surface area contributed by atoms with Crippen LogP contribution in [0.5, 0.6) is 5.75 Å². The second-order valence-corrected chi connectivity index (χ2v) is 4.84. The molecule has 1 fully saturated rings. The molecule has 20 heavy (non-hydrogen) atoms. The van der Waals surface area contributed by atoms with Crippen LogP contribution in [-0.2, 0) is 4.74 Å². The zero-order valence-electron chi connectivity index (χ0n) is 11.7. The Kier molecular flexibility index (Phi) is 5.20. The molecule has 0 radical (unpaired) electrons. The predicted octanol–water partition coefficient (Wildman–Crippen LogP) is 0.881. The molecule has 0 bridgehead atoms. The molecule has 1 aromatic rings. The zero-order chi connectivity index (χ0) is 14.4. The lowest BCUT2D eigenvalue weighted by Crippen LogP contribution is -2.42. The van der Waals surface area contributed by atoms with Gasteiger partial charge < -0.3 is 20.4 Å². The molecule has 1 unspecified atom stereocenters. The van der Waals surface area contributed by atoms with Gasteiger partial charge in [0.1, 0.15) is 12.4 Å². The fraction of sp³-hybridized carbons (Fsp3) is 0.500. The van der Waals surface area contributed by atoms with E-state index in [9.17, 15) is 0 Å². The Bertz CT molecular complexity index is 447. The lowest BCUT2D eigenvalue weighted by molar-refractivity contribution is -0.0214. The van der Waals surface area contributed by atoms with E-state index in [1.165, 1.54) is 0 Å². The second kappa shape index (κ2) is 7.12. The minimum absolute atomic E-state index is 0.0962. The smallest absolute Gasteiger partial charge is 0.170 e. The summed E-state index contributed by atoms with van der Waals surface area (Å²) in [5, 5.41) is 11.5. The fourth-order valence-electron chi connectivity index (χ4n) is 2.17. The SMILES string of the molecule is CC1CN(CCOc2ccc(/C(N)=N/O)cc2)CCO1. The minimum Gasteiger partial charge on any atom is -0.492 e. The second-order valence-electron chi connectivity index (χ2n) is 4.84. The topological polar surface area (TPSA) is 80.3 Å². The van der Waals surface area contributed by atoms with Crippen LogP contribution in [0.3, 0.4) is 0 Å². The first kappa shape index (κ1) is 14.6. The molecule has 1 saturated heterocycles. The summed E-state index contributed by atoms with van der Waals surface area (Å²) in [6, 6.07) is 7.16. The first-order valence-electron chi connectivity index (χ1n) is 6.74. The number of hydrogen-bond acceptors (Lipinski definition) is 5. The third-order valence-electron chi connectivity index (χ3n) is 3.26. The van der Waals surface area contributed by atoms with Crippen molar-refractivity contribution in [2.45, 2.75) is 13.0 Å². The first-order valence-corrected chi connectivity index (χ1v) is 6.74. The van der Waals surface area contributed by atoms with Crippen molar-refractivity contribution in [3.8, 4) is 5.75 Å². The molecule has 0 spiro atoms. The normalized spacial score (nSPS) is 20.9. The Balaban J connectivity index is 1.76. The minimum atomic E-state index is 0.0962. The molecule has 1 atom stereocenters. The van der Waals surface area contributed by atoms with Gasteiger partial charge in [-0.1, -0.05) is 5.16 Å². The number of nitrogens with two attached hydrogens (primary N) is 1. The lowest BCUT2D eigenvalue weighted by Gasteiger charge is -2.30. The van der Waals surface area contributed by atoms with Gasteiger partial charge in [-0.15, -0.1) is 0 Å². The summed E-state index contributed by atoms with van der Waals surface area (Å²) in [5.74, 6) is 0.875. The number of rotatable bonds is 5. The maximum atomic E-state index is 8.58. The highest BCUT2D eigenvalue weighted by atomic mass is 16.5. The summed E-state index contributed by atoms with van der Waals surface area (Å²) in [6.07, 6.45) is 0.295. The van der Waals surface area contributed by atoms with Crippen molar-refractivity contribution in [1.29, 1.82) is 0 Å². The Morgan fingerprint density at radius 3 is 2.90 bits per heavy atom. The molecular weight excluding hydrogens is 258 g/mol. The standard InChI is InChI=1S/C14H21N3O3/c1-11-10-17(6-8-19-11)7-9-20-13-4-2-12(3-5-13)14(15)16-18/h2-5,11,18H,6-10H2,1H3,(H2,15,16). The molecule has 0 saturated carbocycles. The number of hydrogen-bond donors (Lipinski definition) is 2. The summed E-state index contributed by atoms with van der Waals surface area (Å²) >= 11 is 0. The van der Waals surface area contributed by atoms with Gasteiger partial charge in [-0.2, -0.15) is 0 Å². The molecule has 1 heterocycles. The van der Waals surface area contributed by atoms with Gasteiger partial charge in [-0.25, -0.2) is 0 Å². The summed E-state index contributed by atoms with van der Waals surface area (Å²) in [7, 11) is 0. The molecule has 2 rings (SSSR count). The van der Waals surface area contributed by atoms with Crippen LogP contribution in [0.2, 0.25) is 0 Å². The molecule has 6 nitrogen and oxygen atoms in total. The van der Waals surface area contributed by atoms with E-state index in [-0.39, 0.29) is 5.84 Å². The van der Waals surface area contributed by atoms with E-state index in [2.05, 4.69) is 17.0 Å². The Labute approximate surface area is 118 Å². The maximum absolute atomic E-state index is 8.58. The van der Waals surface area contributed by atoms with Crippen LogP contribution in [-0.4, -0.2) is 54.9 Å². The van der Waals surface area contributed by atoms with Crippen LogP contribution in [0.15, 0.2) is 29.4 Å². The number of ether oxygens (including phenoxy) is 2. The van der Waals surface area contributed by atoms with Crippen molar-refractivity contribution in [2.24, 2.45) is 10.9 Å². The number of morpholine rings is 1. The van der Waals surface area contributed by atoms with E-state index in [0.29, 0.717) is 18.3 Å². The van der Waals surface area contributed by atoms with E-state index in [4.69, 9.17) is 20.4 Å². The van der Waals surface area contributed by atoms with Crippen molar-refractivity contribution in [1.82, 2.24) is 4.90 Å². The molecule has 0 aliphatic carbocycles. The summed E-state index contributed by atoms with van der Waals surface area (Å²) in [4.78, 5) is 2.33. The van der Waals surface area contributed by atoms with Gasteiger partial charge in [0.05, 0.1) is 12.7 Å². The largest absolute Gasteiger partial charge is 0.492 e. The van der Waals surface area contributed by atoms with Crippen molar-refractivity contribution in [3.63, 3.8) is 0 Å². The van der Waals surface area contributed by atoms with Crippen molar-refractivity contribution in [3.05, 3.63) is 29.8 Å². The highest BCUT2D eigenvalue weighted by molar-refractivity contribution is 5.97. The van der Waals surface area contributed by atoms with E-state index in [1.807, 2.05) is 12.1 Å². The van der Waals surface area contributed by atoms with E-state index >= 15 is 0 Å². The number of nitrogens with zero attached hydrogens (tertiary/aromatic N) is 2. The summed E-state index contributed by atoms with van der Waals surface area (Å²) in [6.45, 7) is 6.29. The van der Waals surface area contributed by atoms with Crippen molar-refractivity contribution in [2.75, 3.05) is 32.8 Å². The van der Waals surface area contributed by atoms with Crippen LogP contribution in [0, 0.1) is 0 Å². The van der Waals surface area contributed by atoms with Gasteiger partial charge in [-0.3, -0.25) is 4.90 Å². The van der Waals surface area contributed by atoms with Crippen LogP contribution >= 0.6 is 0 Å². The van der Waals surface area contributed by atoms with Crippen molar-refractivity contribution < 1.29 is 14.7 Å². The van der Waals surface area contributed by atoms with Gasteiger partial charge >= 0.3 is 0 Å².